The first-order valence-electron chi connectivity index (χ1n) is 8.36. The van der Waals surface area contributed by atoms with Crippen LogP contribution >= 0.6 is 11.3 Å². The van der Waals surface area contributed by atoms with Gasteiger partial charge in [-0.1, -0.05) is 0 Å². The fourth-order valence-electron chi connectivity index (χ4n) is 3.38. The average Bonchev–Trinajstić information content (AvgIpc) is 3.24. The summed E-state index contributed by atoms with van der Waals surface area (Å²) in [4.78, 5) is 13.1. The van der Waals surface area contributed by atoms with Crippen LogP contribution in [0.3, 0.4) is 0 Å². The summed E-state index contributed by atoms with van der Waals surface area (Å²) in [5.74, 6) is 1.39. The number of hydrogen-bond acceptors (Lipinski definition) is 7. The number of nitrogens with two attached hydrogens (primary N) is 2. The normalized spacial score (nSPS) is 11.6. The van der Waals surface area contributed by atoms with Gasteiger partial charge in [0.2, 0.25) is 5.95 Å². The van der Waals surface area contributed by atoms with Crippen molar-refractivity contribution in [1.29, 1.82) is 0 Å². The van der Waals surface area contributed by atoms with Gasteiger partial charge in [0.15, 0.2) is 0 Å². The second-order valence-electron chi connectivity index (χ2n) is 6.24. The van der Waals surface area contributed by atoms with Gasteiger partial charge in [0.1, 0.15) is 16.6 Å². The van der Waals surface area contributed by atoms with E-state index in [1.165, 1.54) is 0 Å². The van der Waals surface area contributed by atoms with E-state index in [-0.39, 0.29) is 5.95 Å². The fourth-order valence-corrected chi connectivity index (χ4v) is 4.33. The lowest BCUT2D eigenvalue weighted by atomic mass is 10.1. The monoisotopic (exact) mass is 376 g/mol. The summed E-state index contributed by atoms with van der Waals surface area (Å²) in [5.41, 5.74) is 14.6. The molecule has 0 unspecified atom stereocenters. The second kappa shape index (κ2) is 5.82. The third kappa shape index (κ3) is 2.53. The quantitative estimate of drug-likeness (QED) is 0.500. The number of anilines is 2. The van der Waals surface area contributed by atoms with Gasteiger partial charge in [-0.05, 0) is 30.3 Å². The van der Waals surface area contributed by atoms with Gasteiger partial charge in [-0.2, -0.15) is 4.98 Å². The number of nitrogens with zero attached hydrogens (tertiary/aromatic N) is 4. The number of ether oxygens (including phenoxy) is 1. The summed E-state index contributed by atoms with van der Waals surface area (Å²) >= 11 is 1.68. The number of thiazole rings is 1. The highest BCUT2D eigenvalue weighted by atomic mass is 32.1. The van der Waals surface area contributed by atoms with Gasteiger partial charge in [-0.25, -0.2) is 9.97 Å². The van der Waals surface area contributed by atoms with Crippen molar-refractivity contribution in [2.75, 3.05) is 18.6 Å². The van der Waals surface area contributed by atoms with Crippen LogP contribution in [0, 0.1) is 0 Å². The maximum atomic E-state index is 6.10. The van der Waals surface area contributed by atoms with Crippen molar-refractivity contribution >= 4 is 55.1 Å². The zero-order valence-corrected chi connectivity index (χ0v) is 15.3. The standard InChI is InChI=1S/C19H16N6OS/c1-26-10-2-5-15-13(8-10)22-16(27-15)9-25-7-6-11-14(25)4-3-12-17(11)18(20)24-19(21)23-12/h2-8H,9H2,1H3,(H4,20,21,23,24). The summed E-state index contributed by atoms with van der Waals surface area (Å²) in [7, 11) is 1.66. The first kappa shape index (κ1) is 15.8. The Kier molecular flexibility index (Phi) is 3.41. The number of rotatable bonds is 3. The molecule has 0 fully saturated rings. The number of fused-ring (bicyclic) bond motifs is 4. The van der Waals surface area contributed by atoms with Gasteiger partial charge in [-0.3, -0.25) is 0 Å². The highest BCUT2D eigenvalue weighted by Crippen LogP contribution is 2.31. The van der Waals surface area contributed by atoms with Crippen LogP contribution < -0.4 is 16.2 Å². The average molecular weight is 376 g/mol. The number of nitrogen functional groups attached to an aromatic ring is 2. The molecule has 8 heteroatoms. The second-order valence-corrected chi connectivity index (χ2v) is 7.36. The molecule has 3 aromatic heterocycles. The predicted molar refractivity (Wildman–Crippen MR) is 109 cm³/mol. The minimum Gasteiger partial charge on any atom is -0.497 e. The summed E-state index contributed by atoms with van der Waals surface area (Å²) in [6, 6.07) is 11.9. The van der Waals surface area contributed by atoms with Crippen LogP contribution in [-0.2, 0) is 6.54 Å². The van der Waals surface area contributed by atoms with E-state index in [1.807, 2.05) is 42.6 Å². The van der Waals surface area contributed by atoms with Gasteiger partial charge < -0.3 is 20.8 Å². The Labute approximate surface area is 158 Å². The molecule has 0 bridgehead atoms. The van der Waals surface area contributed by atoms with Gasteiger partial charge in [-0.15, -0.1) is 11.3 Å². The van der Waals surface area contributed by atoms with Crippen molar-refractivity contribution < 1.29 is 4.74 Å². The molecule has 27 heavy (non-hydrogen) atoms. The Morgan fingerprint density at radius 2 is 1.93 bits per heavy atom. The molecule has 0 atom stereocenters. The fraction of sp³-hybridized carbons (Fsp3) is 0.105. The molecule has 134 valence electrons. The van der Waals surface area contributed by atoms with E-state index in [4.69, 9.17) is 21.2 Å². The minimum absolute atomic E-state index is 0.184. The molecular weight excluding hydrogens is 360 g/mol. The summed E-state index contributed by atoms with van der Waals surface area (Å²) in [6.07, 6.45) is 2.03. The zero-order valence-electron chi connectivity index (χ0n) is 14.5. The van der Waals surface area contributed by atoms with Crippen molar-refractivity contribution in [2.24, 2.45) is 0 Å². The molecule has 4 N–H and O–H groups in total. The lowest BCUT2D eigenvalue weighted by Crippen LogP contribution is -2.01. The molecule has 0 aliphatic rings. The highest BCUT2D eigenvalue weighted by molar-refractivity contribution is 7.18. The predicted octanol–water partition coefficient (Wildman–Crippen LogP) is 3.42. The van der Waals surface area contributed by atoms with Crippen LogP contribution in [0.5, 0.6) is 5.75 Å². The van der Waals surface area contributed by atoms with Crippen LogP contribution in [-0.4, -0.2) is 26.6 Å². The van der Waals surface area contributed by atoms with Gasteiger partial charge >= 0.3 is 0 Å². The molecule has 0 spiro atoms. The largest absolute Gasteiger partial charge is 0.497 e. The van der Waals surface area contributed by atoms with Gasteiger partial charge in [0, 0.05) is 23.2 Å². The molecule has 0 amide bonds. The van der Waals surface area contributed by atoms with E-state index < -0.39 is 0 Å². The molecule has 5 rings (SSSR count). The van der Waals surface area contributed by atoms with E-state index in [9.17, 15) is 0 Å². The molecule has 0 radical (unpaired) electrons. The summed E-state index contributed by atoms with van der Waals surface area (Å²) in [5, 5.41) is 2.86. The van der Waals surface area contributed by atoms with E-state index in [0.29, 0.717) is 12.4 Å². The van der Waals surface area contributed by atoms with E-state index in [1.54, 1.807) is 18.4 Å². The van der Waals surface area contributed by atoms with Gasteiger partial charge in [0.25, 0.3) is 0 Å². The molecule has 2 aromatic carbocycles. The van der Waals surface area contributed by atoms with Crippen LogP contribution in [0.4, 0.5) is 11.8 Å². The Balaban J connectivity index is 1.60. The third-order valence-corrected chi connectivity index (χ3v) is 5.62. The Hall–Kier alpha value is -3.39. The van der Waals surface area contributed by atoms with Crippen LogP contribution in [0.2, 0.25) is 0 Å². The molecule has 5 aromatic rings. The maximum absolute atomic E-state index is 6.10. The van der Waals surface area contributed by atoms with Crippen molar-refractivity contribution in [1.82, 2.24) is 19.5 Å². The summed E-state index contributed by atoms with van der Waals surface area (Å²) in [6.45, 7) is 0.673. The Bertz CT molecular complexity index is 1320. The number of benzene rings is 2. The van der Waals surface area contributed by atoms with Crippen LogP contribution in [0.15, 0.2) is 42.6 Å². The molecule has 0 aliphatic carbocycles. The highest BCUT2D eigenvalue weighted by Gasteiger charge is 2.12. The zero-order chi connectivity index (χ0) is 18.5. The molecular formula is C19H16N6OS. The van der Waals surface area contributed by atoms with Crippen molar-refractivity contribution in [2.45, 2.75) is 6.54 Å². The first-order chi connectivity index (χ1) is 13.1. The smallest absolute Gasteiger partial charge is 0.222 e. The van der Waals surface area contributed by atoms with Crippen molar-refractivity contribution in [3.63, 3.8) is 0 Å². The number of methoxy groups -OCH3 is 1. The minimum atomic E-state index is 0.184. The SMILES string of the molecule is COc1ccc2sc(Cn3ccc4c5c(N)nc(N)nc5ccc43)nc2c1. The van der Waals surface area contributed by atoms with Crippen LogP contribution in [0.1, 0.15) is 5.01 Å². The molecule has 7 nitrogen and oxygen atoms in total. The number of aromatic nitrogens is 4. The van der Waals surface area contributed by atoms with E-state index >= 15 is 0 Å². The third-order valence-electron chi connectivity index (χ3n) is 4.60. The van der Waals surface area contributed by atoms with E-state index in [2.05, 4.69) is 14.5 Å². The number of hydrogen-bond donors (Lipinski definition) is 2. The lowest BCUT2D eigenvalue weighted by molar-refractivity contribution is 0.415. The van der Waals surface area contributed by atoms with Crippen molar-refractivity contribution in [3.05, 3.63) is 47.6 Å². The topological polar surface area (TPSA) is 105 Å². The van der Waals surface area contributed by atoms with Crippen LogP contribution in [0.25, 0.3) is 32.0 Å². The van der Waals surface area contributed by atoms with Crippen molar-refractivity contribution in [3.8, 4) is 5.75 Å². The molecule has 0 saturated carbocycles. The first-order valence-corrected chi connectivity index (χ1v) is 9.18. The maximum Gasteiger partial charge on any atom is 0.222 e. The Morgan fingerprint density at radius 1 is 1.04 bits per heavy atom. The molecule has 0 saturated heterocycles. The van der Waals surface area contributed by atoms with Gasteiger partial charge in [0.05, 0.1) is 34.8 Å². The van der Waals surface area contributed by atoms with E-state index in [0.717, 1.165) is 42.8 Å². The lowest BCUT2D eigenvalue weighted by Gasteiger charge is -2.06. The Morgan fingerprint density at radius 3 is 2.78 bits per heavy atom. The molecule has 3 heterocycles. The summed E-state index contributed by atoms with van der Waals surface area (Å²) < 4.78 is 8.57. The molecule has 0 aliphatic heterocycles.